The summed E-state index contributed by atoms with van der Waals surface area (Å²) in [6.45, 7) is 0.856. The third kappa shape index (κ3) is 4.23. The molecule has 3 aromatic rings. The zero-order valence-electron chi connectivity index (χ0n) is 15.3. The van der Waals surface area contributed by atoms with Gasteiger partial charge in [-0.1, -0.05) is 6.07 Å². The van der Waals surface area contributed by atoms with Gasteiger partial charge in [0.15, 0.2) is 22.2 Å². The van der Waals surface area contributed by atoms with Gasteiger partial charge in [0.25, 0.3) is 0 Å². The molecule has 0 atom stereocenters. The zero-order valence-corrected chi connectivity index (χ0v) is 16.1. The van der Waals surface area contributed by atoms with Gasteiger partial charge in [-0.15, -0.1) is 0 Å². The van der Waals surface area contributed by atoms with Crippen molar-refractivity contribution in [3.05, 3.63) is 64.4 Å². The van der Waals surface area contributed by atoms with Crippen molar-refractivity contribution in [1.29, 1.82) is 0 Å². The van der Waals surface area contributed by atoms with E-state index in [1.54, 1.807) is 17.9 Å². The van der Waals surface area contributed by atoms with Gasteiger partial charge < -0.3 is 9.30 Å². The quantitative estimate of drug-likeness (QED) is 0.596. The van der Waals surface area contributed by atoms with Crippen LogP contribution >= 0.6 is 12.2 Å². The van der Waals surface area contributed by atoms with Gasteiger partial charge in [0, 0.05) is 19.2 Å². The fourth-order valence-corrected chi connectivity index (χ4v) is 2.98. The van der Waals surface area contributed by atoms with Gasteiger partial charge in [0.05, 0.1) is 13.8 Å². The summed E-state index contributed by atoms with van der Waals surface area (Å²) in [4.78, 5) is 1.92. The highest BCUT2D eigenvalue weighted by Gasteiger charge is 2.12. The summed E-state index contributed by atoms with van der Waals surface area (Å²) < 4.78 is 35.7. The van der Waals surface area contributed by atoms with Crippen molar-refractivity contribution in [3.63, 3.8) is 0 Å². The Hall–Kier alpha value is -2.58. The van der Waals surface area contributed by atoms with Gasteiger partial charge in [-0.2, -0.15) is 5.10 Å². The Morgan fingerprint density at radius 2 is 1.81 bits per heavy atom. The second-order valence-corrected chi connectivity index (χ2v) is 6.66. The van der Waals surface area contributed by atoms with Crippen LogP contribution in [0.1, 0.15) is 5.56 Å². The lowest BCUT2D eigenvalue weighted by atomic mass is 10.2. The van der Waals surface area contributed by atoms with Crippen LogP contribution in [0.5, 0.6) is 5.75 Å². The monoisotopic (exact) mass is 390 g/mol. The number of methoxy groups -OCH3 is 1. The molecule has 5 nitrogen and oxygen atoms in total. The summed E-state index contributed by atoms with van der Waals surface area (Å²) in [7, 11) is 5.35. The van der Waals surface area contributed by atoms with E-state index >= 15 is 0 Å². The molecular formula is C19H20F2N4OS. The first kappa shape index (κ1) is 19.2. The summed E-state index contributed by atoms with van der Waals surface area (Å²) in [5, 5.41) is 4.61. The van der Waals surface area contributed by atoms with Crippen molar-refractivity contribution in [2.45, 2.75) is 13.2 Å². The maximum atomic E-state index is 13.4. The zero-order chi connectivity index (χ0) is 19.6. The Balaban J connectivity index is 1.78. The first-order valence-corrected chi connectivity index (χ1v) is 8.70. The largest absolute Gasteiger partial charge is 0.497 e. The molecule has 0 N–H and O–H groups in total. The first-order chi connectivity index (χ1) is 12.9. The van der Waals surface area contributed by atoms with Crippen molar-refractivity contribution in [3.8, 4) is 17.1 Å². The van der Waals surface area contributed by atoms with Crippen molar-refractivity contribution in [2.75, 3.05) is 14.2 Å². The molecule has 0 aliphatic carbocycles. The molecule has 1 aromatic heterocycles. The lowest BCUT2D eigenvalue weighted by Gasteiger charge is -2.16. The number of rotatable bonds is 6. The molecule has 142 valence electrons. The number of nitrogens with zero attached hydrogens (tertiary/aromatic N) is 4. The molecule has 0 amide bonds. The van der Waals surface area contributed by atoms with Crippen molar-refractivity contribution < 1.29 is 13.5 Å². The molecule has 0 saturated heterocycles. The highest BCUT2D eigenvalue weighted by molar-refractivity contribution is 7.71. The van der Waals surface area contributed by atoms with E-state index in [0.717, 1.165) is 23.2 Å². The number of halogens is 2. The van der Waals surface area contributed by atoms with Gasteiger partial charge in [-0.3, -0.25) is 4.90 Å². The van der Waals surface area contributed by atoms with Crippen molar-refractivity contribution in [1.82, 2.24) is 19.2 Å². The van der Waals surface area contributed by atoms with Gasteiger partial charge in [-0.05, 0) is 61.2 Å². The maximum absolute atomic E-state index is 13.4. The summed E-state index contributed by atoms with van der Waals surface area (Å²) in [5.74, 6) is -0.191. The number of hydrogen-bond acceptors (Lipinski definition) is 4. The summed E-state index contributed by atoms with van der Waals surface area (Å²) in [6, 6.07) is 11.5. The van der Waals surface area contributed by atoms with Crippen LogP contribution in [-0.4, -0.2) is 33.4 Å². The summed E-state index contributed by atoms with van der Waals surface area (Å²) in [5.41, 5.74) is 1.60. The van der Waals surface area contributed by atoms with E-state index < -0.39 is 11.6 Å². The van der Waals surface area contributed by atoms with E-state index in [1.807, 2.05) is 47.8 Å². The highest BCUT2D eigenvalue weighted by Crippen LogP contribution is 2.21. The predicted octanol–water partition coefficient (Wildman–Crippen LogP) is 3.99. The fourth-order valence-electron chi connectivity index (χ4n) is 2.80. The number of ether oxygens (including phenoxy) is 1. The minimum atomic E-state index is -0.850. The Morgan fingerprint density at radius 3 is 2.44 bits per heavy atom. The second-order valence-electron chi connectivity index (χ2n) is 6.30. The van der Waals surface area contributed by atoms with Crippen LogP contribution in [-0.2, 0) is 20.3 Å². The van der Waals surface area contributed by atoms with Crippen LogP contribution in [0.15, 0.2) is 42.5 Å². The third-order valence-corrected chi connectivity index (χ3v) is 4.69. The standard InChI is InChI=1S/C19H20F2N4OS/c1-23(11-13-4-9-16(20)17(21)10-13)12-25-19(27)24(2)18(22-25)14-5-7-15(26-3)8-6-14/h4-10H,11-12H2,1-3H3. The third-order valence-electron chi connectivity index (χ3n) is 4.20. The lowest BCUT2D eigenvalue weighted by molar-refractivity contribution is 0.243. The minimum absolute atomic E-state index is 0.418. The minimum Gasteiger partial charge on any atom is -0.497 e. The molecule has 0 unspecified atom stereocenters. The molecule has 0 spiro atoms. The molecule has 0 aliphatic rings. The smallest absolute Gasteiger partial charge is 0.199 e. The van der Waals surface area contributed by atoms with Crippen molar-refractivity contribution >= 4 is 12.2 Å². The number of hydrogen-bond donors (Lipinski definition) is 0. The van der Waals surface area contributed by atoms with Crippen LogP contribution in [0.2, 0.25) is 0 Å². The van der Waals surface area contributed by atoms with E-state index in [-0.39, 0.29) is 0 Å². The molecule has 2 aromatic carbocycles. The SMILES string of the molecule is COc1ccc(-c2nn(CN(C)Cc3ccc(F)c(F)c3)c(=S)n2C)cc1. The predicted molar refractivity (Wildman–Crippen MR) is 102 cm³/mol. The molecular weight excluding hydrogens is 370 g/mol. The van der Waals surface area contributed by atoms with Crippen LogP contribution in [0.3, 0.4) is 0 Å². The maximum Gasteiger partial charge on any atom is 0.199 e. The molecule has 0 bridgehead atoms. The molecule has 1 heterocycles. The Bertz CT molecular complexity index is 998. The molecule has 0 aliphatic heterocycles. The van der Waals surface area contributed by atoms with E-state index in [4.69, 9.17) is 17.0 Å². The molecule has 0 saturated carbocycles. The van der Waals surface area contributed by atoms with Gasteiger partial charge >= 0.3 is 0 Å². The Kier molecular flexibility index (Phi) is 5.67. The molecule has 0 fully saturated rings. The van der Waals surface area contributed by atoms with E-state index in [1.165, 1.54) is 6.07 Å². The lowest BCUT2D eigenvalue weighted by Crippen LogP contribution is -2.22. The Labute approximate surface area is 161 Å². The van der Waals surface area contributed by atoms with Crippen LogP contribution in [0.4, 0.5) is 8.78 Å². The normalized spacial score (nSPS) is 11.2. The summed E-state index contributed by atoms with van der Waals surface area (Å²) >= 11 is 5.49. The first-order valence-electron chi connectivity index (χ1n) is 8.29. The van der Waals surface area contributed by atoms with E-state index in [0.29, 0.717) is 23.5 Å². The van der Waals surface area contributed by atoms with Gasteiger partial charge in [-0.25, -0.2) is 13.5 Å². The molecule has 0 radical (unpaired) electrons. The Morgan fingerprint density at radius 1 is 1.11 bits per heavy atom. The molecule has 3 rings (SSSR count). The van der Waals surface area contributed by atoms with Crippen LogP contribution in [0, 0.1) is 16.4 Å². The fraction of sp³-hybridized carbons (Fsp3) is 0.263. The number of aromatic nitrogens is 3. The van der Waals surface area contributed by atoms with Gasteiger partial charge in [0.2, 0.25) is 0 Å². The van der Waals surface area contributed by atoms with Crippen molar-refractivity contribution in [2.24, 2.45) is 7.05 Å². The van der Waals surface area contributed by atoms with Crippen LogP contribution < -0.4 is 4.74 Å². The highest BCUT2D eigenvalue weighted by atomic mass is 32.1. The topological polar surface area (TPSA) is 35.2 Å². The number of benzene rings is 2. The summed E-state index contributed by atoms with van der Waals surface area (Å²) in [6.07, 6.45) is 0. The second kappa shape index (κ2) is 7.98. The average Bonchev–Trinajstić information content (AvgIpc) is 2.93. The van der Waals surface area contributed by atoms with E-state index in [2.05, 4.69) is 5.10 Å². The average molecular weight is 390 g/mol. The molecule has 27 heavy (non-hydrogen) atoms. The van der Waals surface area contributed by atoms with Gasteiger partial charge in [0.1, 0.15) is 5.75 Å². The molecule has 8 heteroatoms. The van der Waals surface area contributed by atoms with Crippen LogP contribution in [0.25, 0.3) is 11.4 Å². The van der Waals surface area contributed by atoms with E-state index in [9.17, 15) is 8.78 Å².